The van der Waals surface area contributed by atoms with Crippen LogP contribution in [0.4, 0.5) is 4.79 Å². The number of imidazole rings is 1. The third kappa shape index (κ3) is 6.25. The standard InChI is InChI=1S/C23H29ClN4O5/c1-5-6-12-32-20-25-14-18-19(26-20)27(21(29)28(18)22(30)33-23(2,3)4)15-16-7-9-17(10-8-16)31-13-11-24/h7-10,14H,5-6,11-13,15H2,1-4H3. The summed E-state index contributed by atoms with van der Waals surface area (Å²) in [5, 5.41) is 0. The number of aromatic nitrogens is 4. The summed E-state index contributed by atoms with van der Waals surface area (Å²) in [7, 11) is 0. The second kappa shape index (κ2) is 10.7. The summed E-state index contributed by atoms with van der Waals surface area (Å²) in [6, 6.07) is 7.43. The molecule has 0 amide bonds. The van der Waals surface area contributed by atoms with Gasteiger partial charge in [0.25, 0.3) is 0 Å². The molecule has 10 heteroatoms. The summed E-state index contributed by atoms with van der Waals surface area (Å²) in [4.78, 5) is 34.7. The lowest BCUT2D eigenvalue weighted by Gasteiger charge is -2.19. The van der Waals surface area contributed by atoms with Crippen molar-refractivity contribution in [3.63, 3.8) is 0 Å². The molecule has 0 atom stereocenters. The molecule has 3 aromatic rings. The van der Waals surface area contributed by atoms with Gasteiger partial charge in [-0.2, -0.15) is 9.55 Å². The summed E-state index contributed by atoms with van der Waals surface area (Å²) in [5.41, 5.74) is 0.0229. The minimum absolute atomic E-state index is 0.149. The maximum atomic E-state index is 13.3. The molecule has 2 aromatic heterocycles. The van der Waals surface area contributed by atoms with Crippen molar-refractivity contribution in [1.29, 1.82) is 0 Å². The average molecular weight is 477 g/mol. The number of carbonyl (C=O) groups excluding carboxylic acids is 1. The first kappa shape index (κ1) is 24.6. The first-order valence-electron chi connectivity index (χ1n) is 10.9. The first-order valence-corrected chi connectivity index (χ1v) is 11.4. The molecule has 0 saturated carbocycles. The van der Waals surface area contributed by atoms with E-state index in [-0.39, 0.29) is 23.7 Å². The number of benzene rings is 1. The van der Waals surface area contributed by atoms with Crippen molar-refractivity contribution in [1.82, 2.24) is 19.1 Å². The van der Waals surface area contributed by atoms with Crippen LogP contribution in [-0.4, -0.2) is 49.9 Å². The highest BCUT2D eigenvalue weighted by atomic mass is 35.5. The van der Waals surface area contributed by atoms with Crippen molar-refractivity contribution >= 4 is 28.9 Å². The van der Waals surface area contributed by atoms with Crippen molar-refractivity contribution < 1.29 is 19.0 Å². The largest absolute Gasteiger partial charge is 0.492 e. The Kier molecular flexibility index (Phi) is 7.97. The summed E-state index contributed by atoms with van der Waals surface area (Å²) < 4.78 is 18.9. The van der Waals surface area contributed by atoms with Crippen LogP contribution in [0, 0.1) is 0 Å². The van der Waals surface area contributed by atoms with E-state index in [1.165, 1.54) is 10.8 Å². The highest BCUT2D eigenvalue weighted by Gasteiger charge is 2.25. The van der Waals surface area contributed by atoms with E-state index < -0.39 is 17.4 Å². The summed E-state index contributed by atoms with van der Waals surface area (Å²) in [5.74, 6) is 1.07. The molecule has 0 N–H and O–H groups in total. The number of rotatable bonds is 9. The summed E-state index contributed by atoms with van der Waals surface area (Å²) in [6.45, 7) is 8.31. The van der Waals surface area contributed by atoms with Crippen LogP contribution in [-0.2, 0) is 11.3 Å². The molecule has 3 rings (SSSR count). The van der Waals surface area contributed by atoms with Gasteiger partial charge >= 0.3 is 17.8 Å². The minimum Gasteiger partial charge on any atom is -0.492 e. The van der Waals surface area contributed by atoms with Gasteiger partial charge in [0.2, 0.25) is 0 Å². The van der Waals surface area contributed by atoms with E-state index in [0.717, 1.165) is 23.0 Å². The van der Waals surface area contributed by atoms with Crippen molar-refractivity contribution in [2.24, 2.45) is 0 Å². The zero-order chi connectivity index (χ0) is 24.0. The van der Waals surface area contributed by atoms with Gasteiger partial charge in [0, 0.05) is 0 Å². The second-order valence-corrected chi connectivity index (χ2v) is 8.81. The van der Waals surface area contributed by atoms with Gasteiger partial charge < -0.3 is 14.2 Å². The molecule has 0 radical (unpaired) electrons. The van der Waals surface area contributed by atoms with Crippen LogP contribution in [0.15, 0.2) is 35.3 Å². The van der Waals surface area contributed by atoms with Gasteiger partial charge in [-0.25, -0.2) is 14.6 Å². The number of fused-ring (bicyclic) bond motifs is 1. The highest BCUT2D eigenvalue weighted by Crippen LogP contribution is 2.19. The fourth-order valence-corrected chi connectivity index (χ4v) is 3.13. The van der Waals surface area contributed by atoms with Gasteiger partial charge in [-0.3, -0.25) is 4.57 Å². The molecular formula is C23H29ClN4O5. The smallest absolute Gasteiger partial charge is 0.423 e. The van der Waals surface area contributed by atoms with Crippen LogP contribution in [0.3, 0.4) is 0 Å². The molecule has 0 aliphatic rings. The molecule has 0 bridgehead atoms. The van der Waals surface area contributed by atoms with Crippen molar-refractivity contribution in [3.05, 3.63) is 46.5 Å². The van der Waals surface area contributed by atoms with Crippen LogP contribution in [0.5, 0.6) is 11.8 Å². The van der Waals surface area contributed by atoms with Gasteiger partial charge in [0.05, 0.1) is 25.2 Å². The zero-order valence-electron chi connectivity index (χ0n) is 19.3. The molecule has 0 aliphatic heterocycles. The van der Waals surface area contributed by atoms with E-state index in [1.54, 1.807) is 32.9 Å². The third-order valence-electron chi connectivity index (χ3n) is 4.56. The van der Waals surface area contributed by atoms with Crippen LogP contribution in [0.25, 0.3) is 11.2 Å². The number of hydrogen-bond donors (Lipinski definition) is 0. The molecule has 33 heavy (non-hydrogen) atoms. The Labute approximate surface area is 197 Å². The predicted octanol–water partition coefficient (Wildman–Crippen LogP) is 4.22. The Morgan fingerprint density at radius 3 is 2.48 bits per heavy atom. The normalized spacial score (nSPS) is 11.5. The molecule has 2 heterocycles. The predicted molar refractivity (Wildman–Crippen MR) is 126 cm³/mol. The fourth-order valence-electron chi connectivity index (χ4n) is 3.06. The monoisotopic (exact) mass is 476 g/mol. The second-order valence-electron chi connectivity index (χ2n) is 8.43. The van der Waals surface area contributed by atoms with Gasteiger partial charge in [-0.05, 0) is 44.9 Å². The molecule has 0 aliphatic carbocycles. The molecule has 1 aromatic carbocycles. The molecule has 178 valence electrons. The molecule has 0 saturated heterocycles. The average Bonchev–Trinajstić information content (AvgIpc) is 3.03. The SMILES string of the molecule is CCCCOc1ncc2c(n1)n(Cc1ccc(OCCCl)cc1)c(=O)n2C(=O)OC(C)(C)C. The number of carbonyl (C=O) groups is 1. The van der Waals surface area contributed by atoms with E-state index >= 15 is 0 Å². The lowest BCUT2D eigenvalue weighted by Crippen LogP contribution is -2.34. The van der Waals surface area contributed by atoms with Gasteiger partial charge in [-0.1, -0.05) is 25.5 Å². The lowest BCUT2D eigenvalue weighted by atomic mass is 10.2. The number of halogens is 1. The van der Waals surface area contributed by atoms with E-state index in [0.29, 0.717) is 24.8 Å². The van der Waals surface area contributed by atoms with Crippen LogP contribution < -0.4 is 15.2 Å². The molecule has 0 fully saturated rings. The number of nitrogens with zero attached hydrogens (tertiary/aromatic N) is 4. The highest BCUT2D eigenvalue weighted by molar-refractivity contribution is 6.18. The van der Waals surface area contributed by atoms with Crippen LogP contribution in [0.2, 0.25) is 0 Å². The fraction of sp³-hybridized carbons (Fsp3) is 0.478. The molecule has 9 nitrogen and oxygen atoms in total. The Bertz CT molecular complexity index is 1150. The van der Waals surface area contributed by atoms with Crippen molar-refractivity contribution in [2.75, 3.05) is 19.1 Å². The van der Waals surface area contributed by atoms with E-state index in [2.05, 4.69) is 16.9 Å². The van der Waals surface area contributed by atoms with E-state index in [9.17, 15) is 9.59 Å². The minimum atomic E-state index is -0.788. The Morgan fingerprint density at radius 2 is 1.85 bits per heavy atom. The maximum absolute atomic E-state index is 13.3. The number of ether oxygens (including phenoxy) is 3. The van der Waals surface area contributed by atoms with Gasteiger partial charge in [0.1, 0.15) is 23.5 Å². The molecule has 0 spiro atoms. The third-order valence-corrected chi connectivity index (χ3v) is 4.72. The van der Waals surface area contributed by atoms with Gasteiger partial charge in [-0.15, -0.1) is 11.6 Å². The number of unbranched alkanes of at least 4 members (excludes halogenated alkanes) is 1. The summed E-state index contributed by atoms with van der Waals surface area (Å²) >= 11 is 5.66. The summed E-state index contributed by atoms with van der Waals surface area (Å²) in [6.07, 6.45) is 2.44. The topological polar surface area (TPSA) is 97.5 Å². The van der Waals surface area contributed by atoms with Crippen LogP contribution in [0.1, 0.15) is 46.1 Å². The molecule has 0 unspecified atom stereocenters. The number of alkyl halides is 1. The Hall–Kier alpha value is -3.07. The van der Waals surface area contributed by atoms with Crippen molar-refractivity contribution in [2.45, 2.75) is 52.7 Å². The van der Waals surface area contributed by atoms with Crippen LogP contribution >= 0.6 is 11.6 Å². The Morgan fingerprint density at radius 1 is 1.12 bits per heavy atom. The lowest BCUT2D eigenvalue weighted by molar-refractivity contribution is 0.0537. The first-order chi connectivity index (χ1) is 15.7. The zero-order valence-corrected chi connectivity index (χ0v) is 20.1. The van der Waals surface area contributed by atoms with Crippen molar-refractivity contribution in [3.8, 4) is 11.8 Å². The molecular weight excluding hydrogens is 448 g/mol. The quantitative estimate of drug-likeness (QED) is 0.337. The number of hydrogen-bond acceptors (Lipinski definition) is 7. The maximum Gasteiger partial charge on any atom is 0.423 e. The Balaban J connectivity index is 2.01. The van der Waals surface area contributed by atoms with Gasteiger partial charge in [0.15, 0.2) is 5.65 Å². The van der Waals surface area contributed by atoms with E-state index in [1.807, 2.05) is 12.1 Å². The van der Waals surface area contributed by atoms with E-state index in [4.69, 9.17) is 25.8 Å².